The summed E-state index contributed by atoms with van der Waals surface area (Å²) < 4.78 is 16.0. The SMILES string of the molecule is O=C(c1ccc([N+](=O)[O-])c(OCC(O)CN2CCOCC2)c1)N1CCOCC1. The van der Waals surface area contributed by atoms with E-state index in [9.17, 15) is 20.0 Å². The molecular formula is C18H25N3O7. The molecule has 0 bridgehead atoms. The van der Waals surface area contributed by atoms with Gasteiger partial charge < -0.3 is 24.2 Å². The Morgan fingerprint density at radius 3 is 2.46 bits per heavy atom. The van der Waals surface area contributed by atoms with E-state index in [-0.39, 0.29) is 24.0 Å². The summed E-state index contributed by atoms with van der Waals surface area (Å²) in [6, 6.07) is 4.06. The number of aliphatic hydroxyl groups excluding tert-OH is 1. The summed E-state index contributed by atoms with van der Waals surface area (Å²) in [5.74, 6) is -0.248. The fraction of sp³-hybridized carbons (Fsp3) is 0.611. The monoisotopic (exact) mass is 395 g/mol. The quantitative estimate of drug-likeness (QED) is 0.512. The summed E-state index contributed by atoms with van der Waals surface area (Å²) >= 11 is 0. The van der Waals surface area contributed by atoms with Crippen LogP contribution in [0.4, 0.5) is 5.69 Å². The highest BCUT2D eigenvalue weighted by Gasteiger charge is 2.24. The van der Waals surface area contributed by atoms with E-state index in [1.807, 2.05) is 4.90 Å². The third-order valence-electron chi connectivity index (χ3n) is 4.71. The first-order valence-corrected chi connectivity index (χ1v) is 9.31. The molecule has 0 saturated carbocycles. The predicted molar refractivity (Wildman–Crippen MR) is 98.6 cm³/mol. The Morgan fingerprint density at radius 1 is 1.18 bits per heavy atom. The van der Waals surface area contributed by atoms with Crippen LogP contribution in [0, 0.1) is 10.1 Å². The first-order valence-electron chi connectivity index (χ1n) is 9.31. The number of carbonyl (C=O) groups is 1. The number of aliphatic hydroxyl groups is 1. The molecular weight excluding hydrogens is 370 g/mol. The number of nitrogens with zero attached hydrogens (tertiary/aromatic N) is 3. The Hall–Kier alpha value is -2.27. The highest BCUT2D eigenvalue weighted by Crippen LogP contribution is 2.29. The largest absolute Gasteiger partial charge is 0.484 e. The van der Waals surface area contributed by atoms with Crippen LogP contribution in [0.2, 0.25) is 0 Å². The molecule has 1 aromatic carbocycles. The van der Waals surface area contributed by atoms with Crippen molar-refractivity contribution in [3.8, 4) is 5.75 Å². The van der Waals surface area contributed by atoms with Gasteiger partial charge in [-0.25, -0.2) is 0 Å². The van der Waals surface area contributed by atoms with Gasteiger partial charge in [0.05, 0.1) is 31.4 Å². The Morgan fingerprint density at radius 2 is 1.82 bits per heavy atom. The lowest BCUT2D eigenvalue weighted by atomic mass is 10.1. The van der Waals surface area contributed by atoms with E-state index in [0.29, 0.717) is 51.6 Å². The van der Waals surface area contributed by atoms with Crippen molar-refractivity contribution >= 4 is 11.6 Å². The standard InChI is InChI=1S/C18H25N3O7/c22-15(12-19-3-7-26-8-4-19)13-28-17-11-14(1-2-16(17)21(24)25)18(23)20-5-9-27-10-6-20/h1-2,11,15,22H,3-10,12-13H2. The van der Waals surface area contributed by atoms with Crippen LogP contribution in [0.3, 0.4) is 0 Å². The van der Waals surface area contributed by atoms with Crippen LogP contribution in [-0.4, -0.2) is 97.6 Å². The molecule has 2 heterocycles. The summed E-state index contributed by atoms with van der Waals surface area (Å²) in [6.45, 7) is 4.86. The van der Waals surface area contributed by atoms with Gasteiger partial charge in [0.15, 0.2) is 5.75 Å². The molecule has 1 unspecified atom stereocenters. The number of hydrogen-bond donors (Lipinski definition) is 1. The van der Waals surface area contributed by atoms with Crippen molar-refractivity contribution in [2.24, 2.45) is 0 Å². The Bertz CT molecular complexity index is 688. The number of nitro groups is 1. The van der Waals surface area contributed by atoms with Crippen molar-refractivity contribution in [1.82, 2.24) is 9.80 Å². The maximum absolute atomic E-state index is 12.6. The fourth-order valence-electron chi connectivity index (χ4n) is 3.18. The molecule has 0 radical (unpaired) electrons. The van der Waals surface area contributed by atoms with Gasteiger partial charge >= 0.3 is 5.69 Å². The van der Waals surface area contributed by atoms with Crippen LogP contribution in [0.25, 0.3) is 0 Å². The molecule has 2 saturated heterocycles. The average Bonchev–Trinajstić information content (AvgIpc) is 2.72. The summed E-state index contributed by atoms with van der Waals surface area (Å²) in [7, 11) is 0. The first-order chi connectivity index (χ1) is 13.5. The lowest BCUT2D eigenvalue weighted by Crippen LogP contribution is -2.42. The Balaban J connectivity index is 1.65. The molecule has 0 aromatic heterocycles. The molecule has 3 rings (SSSR count). The number of ether oxygens (including phenoxy) is 3. The van der Waals surface area contributed by atoms with E-state index in [1.54, 1.807) is 4.90 Å². The van der Waals surface area contributed by atoms with Crippen molar-refractivity contribution in [1.29, 1.82) is 0 Å². The van der Waals surface area contributed by atoms with E-state index in [2.05, 4.69) is 0 Å². The van der Waals surface area contributed by atoms with E-state index in [4.69, 9.17) is 14.2 Å². The maximum atomic E-state index is 12.6. The maximum Gasteiger partial charge on any atom is 0.310 e. The Kier molecular flexibility index (Phi) is 7.15. The summed E-state index contributed by atoms with van der Waals surface area (Å²) in [4.78, 5) is 27.0. The highest BCUT2D eigenvalue weighted by molar-refractivity contribution is 5.95. The number of hydrogen-bond acceptors (Lipinski definition) is 8. The van der Waals surface area contributed by atoms with Crippen molar-refractivity contribution in [3.05, 3.63) is 33.9 Å². The van der Waals surface area contributed by atoms with Crippen molar-refractivity contribution < 1.29 is 29.0 Å². The molecule has 1 atom stereocenters. The Labute approximate surface area is 162 Å². The minimum Gasteiger partial charge on any atom is -0.484 e. The number of nitro benzene ring substituents is 1. The zero-order valence-corrected chi connectivity index (χ0v) is 15.6. The molecule has 1 amide bonds. The third-order valence-corrected chi connectivity index (χ3v) is 4.71. The molecule has 0 spiro atoms. The molecule has 1 N–H and O–H groups in total. The van der Waals surface area contributed by atoms with Crippen molar-refractivity contribution in [2.45, 2.75) is 6.10 Å². The number of β-amino-alcohol motifs (C(OH)–C–C–N with tert-alkyl or cyclic N) is 1. The van der Waals surface area contributed by atoms with Crippen molar-refractivity contribution in [2.75, 3.05) is 65.8 Å². The van der Waals surface area contributed by atoms with Gasteiger partial charge in [-0.1, -0.05) is 0 Å². The molecule has 0 aliphatic carbocycles. The first kappa shape index (κ1) is 20.5. The van der Waals surface area contributed by atoms with Gasteiger partial charge in [-0.15, -0.1) is 0 Å². The summed E-state index contributed by atoms with van der Waals surface area (Å²) in [5, 5.41) is 21.5. The topological polar surface area (TPSA) is 115 Å². The molecule has 1 aromatic rings. The van der Waals surface area contributed by atoms with Crippen molar-refractivity contribution in [3.63, 3.8) is 0 Å². The van der Waals surface area contributed by atoms with E-state index in [0.717, 1.165) is 13.1 Å². The number of amides is 1. The van der Waals surface area contributed by atoms with Crippen LogP contribution >= 0.6 is 0 Å². The molecule has 2 fully saturated rings. The minimum absolute atomic E-state index is 0.0230. The molecule has 10 heteroatoms. The minimum atomic E-state index is -0.809. The van der Waals surface area contributed by atoms with Crippen LogP contribution in [-0.2, 0) is 9.47 Å². The number of rotatable bonds is 7. The summed E-state index contributed by atoms with van der Waals surface area (Å²) in [6.07, 6.45) is -0.809. The molecule has 28 heavy (non-hydrogen) atoms. The molecule has 10 nitrogen and oxygen atoms in total. The number of morpholine rings is 2. The van der Waals surface area contributed by atoms with Gasteiger partial charge in [0.2, 0.25) is 0 Å². The second-order valence-electron chi connectivity index (χ2n) is 6.72. The second-order valence-corrected chi connectivity index (χ2v) is 6.72. The number of carbonyl (C=O) groups excluding carboxylic acids is 1. The van der Waals surface area contributed by atoms with Gasteiger partial charge in [-0.2, -0.15) is 0 Å². The van der Waals surface area contributed by atoms with E-state index < -0.39 is 11.0 Å². The van der Waals surface area contributed by atoms with Gasteiger partial charge in [0.1, 0.15) is 12.7 Å². The molecule has 2 aliphatic rings. The third kappa shape index (κ3) is 5.38. The zero-order valence-electron chi connectivity index (χ0n) is 15.6. The zero-order chi connectivity index (χ0) is 19.9. The predicted octanol–water partition coefficient (Wildman–Crippen LogP) is 0.139. The highest BCUT2D eigenvalue weighted by atomic mass is 16.6. The van der Waals surface area contributed by atoms with E-state index in [1.165, 1.54) is 18.2 Å². The molecule has 2 aliphatic heterocycles. The van der Waals surface area contributed by atoms with Gasteiger partial charge in [-0.3, -0.25) is 19.8 Å². The lowest BCUT2D eigenvalue weighted by molar-refractivity contribution is -0.385. The van der Waals surface area contributed by atoms with Crippen LogP contribution in [0.1, 0.15) is 10.4 Å². The lowest BCUT2D eigenvalue weighted by Gasteiger charge is -2.28. The molecule has 154 valence electrons. The fourth-order valence-corrected chi connectivity index (χ4v) is 3.18. The van der Waals surface area contributed by atoms with Crippen LogP contribution < -0.4 is 4.74 Å². The average molecular weight is 395 g/mol. The second kappa shape index (κ2) is 9.78. The summed E-state index contributed by atoms with van der Waals surface area (Å²) in [5.41, 5.74) is 0.0715. The van der Waals surface area contributed by atoms with Gasteiger partial charge in [0, 0.05) is 50.4 Å². The normalized spacial score (nSPS) is 19.2. The number of benzene rings is 1. The van der Waals surface area contributed by atoms with E-state index >= 15 is 0 Å². The van der Waals surface area contributed by atoms with Crippen LogP contribution in [0.5, 0.6) is 5.75 Å². The van der Waals surface area contributed by atoms with Crippen LogP contribution in [0.15, 0.2) is 18.2 Å². The van der Waals surface area contributed by atoms with Gasteiger partial charge in [-0.05, 0) is 6.07 Å². The smallest absolute Gasteiger partial charge is 0.310 e. The van der Waals surface area contributed by atoms with Gasteiger partial charge in [0.25, 0.3) is 5.91 Å².